The fraction of sp³-hybridized carbons (Fsp3) is 0.529. The Balaban J connectivity index is 2.06. The van der Waals surface area contributed by atoms with Crippen LogP contribution in [0.25, 0.3) is 0 Å². The lowest BCUT2D eigenvalue weighted by Gasteiger charge is -2.36. The van der Waals surface area contributed by atoms with Crippen molar-refractivity contribution in [1.29, 1.82) is 0 Å². The normalized spacial score (nSPS) is 20.9. The Bertz CT molecular complexity index is 652. The fourth-order valence-corrected chi connectivity index (χ4v) is 2.55. The molecule has 7 nitrogen and oxygen atoms in total. The number of rotatable bonds is 6. The number of carbonyl (C=O) groups excluding carboxylic acids is 1. The number of nitrogens with zero attached hydrogens (tertiary/aromatic N) is 2. The third kappa shape index (κ3) is 3.72. The Hall–Kier alpha value is -2.44. The fourth-order valence-electron chi connectivity index (χ4n) is 2.55. The summed E-state index contributed by atoms with van der Waals surface area (Å²) in [6, 6.07) is 3.61. The van der Waals surface area contributed by atoms with Gasteiger partial charge in [0.1, 0.15) is 0 Å². The van der Waals surface area contributed by atoms with Crippen LogP contribution in [0.1, 0.15) is 55.6 Å². The summed E-state index contributed by atoms with van der Waals surface area (Å²) >= 11 is 0. The monoisotopic (exact) mass is 333 g/mol. The summed E-state index contributed by atoms with van der Waals surface area (Å²) in [5.41, 5.74) is 0.839. The molecule has 1 aliphatic carbocycles. The first-order valence-electron chi connectivity index (χ1n) is 7.90. The van der Waals surface area contributed by atoms with Gasteiger partial charge in [0.25, 0.3) is 5.91 Å². The lowest BCUT2D eigenvalue weighted by molar-refractivity contribution is -0.161. The molecule has 0 saturated heterocycles. The van der Waals surface area contributed by atoms with Crippen molar-refractivity contribution in [3.63, 3.8) is 0 Å². The van der Waals surface area contributed by atoms with Crippen molar-refractivity contribution < 1.29 is 19.5 Å². The predicted octanol–water partition coefficient (Wildman–Crippen LogP) is 2.19. The molecular formula is C17H23N3O4. The van der Waals surface area contributed by atoms with E-state index >= 15 is 0 Å². The second-order valence-electron chi connectivity index (χ2n) is 6.48. The number of carbonyl (C=O) groups is 2. The molecule has 0 aliphatic heterocycles. The molecule has 1 saturated carbocycles. The van der Waals surface area contributed by atoms with Crippen molar-refractivity contribution in [3.05, 3.63) is 29.6 Å². The maximum absolute atomic E-state index is 11.6. The summed E-state index contributed by atoms with van der Waals surface area (Å²) in [4.78, 5) is 32.2. The summed E-state index contributed by atoms with van der Waals surface area (Å²) in [6.45, 7) is 4.76. The van der Waals surface area contributed by atoms with Crippen LogP contribution in [0.2, 0.25) is 0 Å². The van der Waals surface area contributed by atoms with Gasteiger partial charge in [-0.05, 0) is 45.7 Å². The molecule has 1 aromatic heterocycles. The van der Waals surface area contributed by atoms with Crippen LogP contribution in [0.4, 0.5) is 0 Å². The van der Waals surface area contributed by atoms with Crippen LogP contribution < -0.4 is 5.32 Å². The summed E-state index contributed by atoms with van der Waals surface area (Å²) < 4.78 is 0. The SMILES string of the molecule is CNC(=O)c1ccc(C2CCC2/C(C)=N/OC(C)(C)C(=O)O)nc1. The zero-order valence-corrected chi connectivity index (χ0v) is 14.4. The van der Waals surface area contributed by atoms with Gasteiger partial charge in [0.2, 0.25) is 5.60 Å². The first-order chi connectivity index (χ1) is 11.3. The second-order valence-corrected chi connectivity index (χ2v) is 6.48. The number of carboxylic acid groups (broad SMARTS) is 1. The molecule has 0 radical (unpaired) electrons. The zero-order valence-electron chi connectivity index (χ0n) is 14.4. The molecular weight excluding hydrogens is 310 g/mol. The molecule has 2 N–H and O–H groups in total. The second kappa shape index (κ2) is 6.98. The van der Waals surface area contributed by atoms with E-state index in [0.717, 1.165) is 24.2 Å². The molecule has 2 unspecified atom stereocenters. The number of aliphatic carboxylic acids is 1. The van der Waals surface area contributed by atoms with Crippen LogP contribution in [0.15, 0.2) is 23.5 Å². The average molecular weight is 333 g/mol. The topological polar surface area (TPSA) is 101 Å². The largest absolute Gasteiger partial charge is 0.478 e. The van der Waals surface area contributed by atoms with Gasteiger partial charge in [-0.1, -0.05) is 5.16 Å². The highest BCUT2D eigenvalue weighted by atomic mass is 16.7. The first-order valence-corrected chi connectivity index (χ1v) is 7.90. The van der Waals surface area contributed by atoms with E-state index in [0.29, 0.717) is 5.56 Å². The number of aromatic nitrogens is 1. The minimum absolute atomic E-state index is 0.166. The van der Waals surface area contributed by atoms with Crippen LogP contribution in [-0.2, 0) is 9.63 Å². The maximum atomic E-state index is 11.6. The van der Waals surface area contributed by atoms with Crippen molar-refractivity contribution >= 4 is 17.6 Å². The predicted molar refractivity (Wildman–Crippen MR) is 89.0 cm³/mol. The number of amides is 1. The molecule has 130 valence electrons. The van der Waals surface area contributed by atoms with Gasteiger partial charge in [-0.2, -0.15) is 0 Å². The first kappa shape index (κ1) is 17.9. The van der Waals surface area contributed by atoms with Crippen molar-refractivity contribution in [3.8, 4) is 0 Å². The minimum Gasteiger partial charge on any atom is -0.478 e. The van der Waals surface area contributed by atoms with Gasteiger partial charge in [0.05, 0.1) is 11.3 Å². The standard InChI is InChI=1S/C17H23N3O4/c1-10(20-24-17(2,3)16(22)23)12-6-7-13(12)14-8-5-11(9-19-14)15(21)18-4/h5,8-9,12-13H,6-7H2,1-4H3,(H,18,21)(H,22,23)/b20-10+. The molecule has 0 aromatic carbocycles. The van der Waals surface area contributed by atoms with E-state index in [1.165, 1.54) is 13.8 Å². The number of carboxylic acids is 1. The molecule has 0 bridgehead atoms. The molecule has 0 spiro atoms. The summed E-state index contributed by atoms with van der Waals surface area (Å²) in [7, 11) is 1.58. The molecule has 7 heteroatoms. The smallest absolute Gasteiger partial charge is 0.350 e. The van der Waals surface area contributed by atoms with Crippen molar-refractivity contribution in [2.24, 2.45) is 11.1 Å². The third-order valence-electron chi connectivity index (χ3n) is 4.40. The quantitative estimate of drug-likeness (QED) is 0.614. The Morgan fingerprint density at radius 2 is 2.08 bits per heavy atom. The maximum Gasteiger partial charge on any atom is 0.350 e. The molecule has 2 rings (SSSR count). The Labute approximate surface area is 141 Å². The van der Waals surface area contributed by atoms with E-state index in [4.69, 9.17) is 9.94 Å². The van der Waals surface area contributed by atoms with Gasteiger partial charge < -0.3 is 15.3 Å². The third-order valence-corrected chi connectivity index (χ3v) is 4.40. The van der Waals surface area contributed by atoms with Gasteiger partial charge >= 0.3 is 5.97 Å². The number of hydrogen-bond donors (Lipinski definition) is 2. The highest BCUT2D eigenvalue weighted by Gasteiger charge is 2.36. The Morgan fingerprint density at radius 1 is 1.38 bits per heavy atom. The van der Waals surface area contributed by atoms with E-state index < -0.39 is 11.6 Å². The summed E-state index contributed by atoms with van der Waals surface area (Å²) in [5, 5.41) is 15.6. The number of nitrogens with one attached hydrogen (secondary N) is 1. The number of pyridine rings is 1. The van der Waals surface area contributed by atoms with Crippen molar-refractivity contribution in [2.45, 2.75) is 45.1 Å². The van der Waals surface area contributed by atoms with Gasteiger partial charge in [-0.15, -0.1) is 0 Å². The number of hydrogen-bond acceptors (Lipinski definition) is 5. The van der Waals surface area contributed by atoms with E-state index in [2.05, 4.69) is 15.5 Å². The average Bonchev–Trinajstić information content (AvgIpc) is 2.52. The molecule has 1 amide bonds. The van der Waals surface area contributed by atoms with Crippen molar-refractivity contribution in [2.75, 3.05) is 7.05 Å². The highest BCUT2D eigenvalue weighted by Crippen LogP contribution is 2.42. The zero-order chi connectivity index (χ0) is 17.9. The van der Waals surface area contributed by atoms with E-state index in [-0.39, 0.29) is 17.7 Å². The summed E-state index contributed by atoms with van der Waals surface area (Å²) in [6.07, 6.45) is 3.50. The van der Waals surface area contributed by atoms with E-state index in [9.17, 15) is 9.59 Å². The van der Waals surface area contributed by atoms with Crippen LogP contribution >= 0.6 is 0 Å². The minimum atomic E-state index is -1.35. The van der Waals surface area contributed by atoms with Crippen LogP contribution in [0, 0.1) is 5.92 Å². The highest BCUT2D eigenvalue weighted by molar-refractivity contribution is 5.93. The van der Waals surface area contributed by atoms with Crippen molar-refractivity contribution in [1.82, 2.24) is 10.3 Å². The van der Waals surface area contributed by atoms with E-state index in [1.807, 2.05) is 13.0 Å². The molecule has 1 aromatic rings. The Kier molecular flexibility index (Phi) is 5.21. The van der Waals surface area contributed by atoms with Gasteiger partial charge in [-0.25, -0.2) is 4.79 Å². The number of oxime groups is 1. The molecule has 1 heterocycles. The molecule has 1 aliphatic rings. The molecule has 24 heavy (non-hydrogen) atoms. The van der Waals surface area contributed by atoms with Crippen LogP contribution in [0.5, 0.6) is 0 Å². The van der Waals surface area contributed by atoms with Crippen LogP contribution in [0.3, 0.4) is 0 Å². The van der Waals surface area contributed by atoms with Crippen LogP contribution in [-0.4, -0.2) is 40.3 Å². The van der Waals surface area contributed by atoms with Gasteiger partial charge in [-0.3, -0.25) is 9.78 Å². The Morgan fingerprint density at radius 3 is 2.54 bits per heavy atom. The van der Waals surface area contributed by atoms with E-state index in [1.54, 1.807) is 19.3 Å². The lowest BCUT2D eigenvalue weighted by atomic mass is 9.69. The molecule has 1 fully saturated rings. The molecule has 2 atom stereocenters. The van der Waals surface area contributed by atoms with Gasteiger partial charge in [0.15, 0.2) is 0 Å². The summed E-state index contributed by atoms with van der Waals surface area (Å²) in [5.74, 6) is -0.839. The lowest BCUT2D eigenvalue weighted by Crippen LogP contribution is -2.35. The van der Waals surface area contributed by atoms with Gasteiger partial charge in [0, 0.05) is 30.8 Å².